The second-order valence-corrected chi connectivity index (χ2v) is 5.50. The Kier molecular flexibility index (Phi) is 3.01. The fraction of sp³-hybridized carbons (Fsp3) is 0.111. The number of benzene rings is 2. The Morgan fingerprint density at radius 2 is 2.00 bits per heavy atom. The van der Waals surface area contributed by atoms with Crippen LogP contribution < -0.4 is 5.32 Å². The Balaban J connectivity index is 2.05. The van der Waals surface area contributed by atoms with Crippen molar-refractivity contribution in [2.24, 2.45) is 7.05 Å². The molecule has 4 aromatic rings. The number of hydrogen-bond acceptors (Lipinski definition) is 3. The monoisotopic (exact) mass is 306 g/mol. The van der Waals surface area contributed by atoms with Crippen LogP contribution in [0.3, 0.4) is 0 Å². The molecular formula is C18H15FN4. The minimum Gasteiger partial charge on any atom is -0.387 e. The van der Waals surface area contributed by atoms with E-state index in [2.05, 4.69) is 10.3 Å². The highest BCUT2D eigenvalue weighted by Gasteiger charge is 2.12. The number of halogens is 1. The summed E-state index contributed by atoms with van der Waals surface area (Å²) in [6.45, 7) is 0. The highest BCUT2D eigenvalue weighted by atomic mass is 19.1. The van der Waals surface area contributed by atoms with Crippen molar-refractivity contribution in [3.05, 3.63) is 54.6 Å². The van der Waals surface area contributed by atoms with Crippen molar-refractivity contribution in [3.8, 4) is 11.3 Å². The van der Waals surface area contributed by atoms with E-state index in [9.17, 15) is 4.39 Å². The van der Waals surface area contributed by atoms with Gasteiger partial charge in [0.25, 0.3) is 0 Å². The molecule has 0 atom stereocenters. The third-order valence-corrected chi connectivity index (χ3v) is 4.06. The standard InChI is InChI=1S/C18H15FN4/c1-20-15-9-14(11-4-3-5-12(19)8-11)22-13-6-7-16-18(17(13)15)21-10-23(16)2/h3-10H,1-2H3,(H,20,22). The topological polar surface area (TPSA) is 42.7 Å². The Bertz CT molecular complexity index is 1040. The number of pyridine rings is 1. The Morgan fingerprint density at radius 1 is 1.13 bits per heavy atom. The lowest BCUT2D eigenvalue weighted by atomic mass is 10.1. The van der Waals surface area contributed by atoms with Gasteiger partial charge in [0.15, 0.2) is 0 Å². The van der Waals surface area contributed by atoms with Crippen LogP contribution in [0.25, 0.3) is 33.2 Å². The van der Waals surface area contributed by atoms with Crippen molar-refractivity contribution in [1.82, 2.24) is 14.5 Å². The zero-order valence-electron chi connectivity index (χ0n) is 12.8. The number of nitrogens with one attached hydrogen (secondary N) is 1. The molecule has 0 aliphatic heterocycles. The van der Waals surface area contributed by atoms with Crippen LogP contribution in [0.5, 0.6) is 0 Å². The highest BCUT2D eigenvalue weighted by Crippen LogP contribution is 2.32. The number of aryl methyl sites for hydroxylation is 1. The first-order valence-electron chi connectivity index (χ1n) is 7.36. The largest absolute Gasteiger partial charge is 0.387 e. The van der Waals surface area contributed by atoms with E-state index in [0.29, 0.717) is 0 Å². The lowest BCUT2D eigenvalue weighted by Crippen LogP contribution is -1.95. The van der Waals surface area contributed by atoms with Crippen molar-refractivity contribution >= 4 is 27.6 Å². The molecule has 1 N–H and O–H groups in total. The molecule has 0 unspecified atom stereocenters. The van der Waals surface area contributed by atoms with Gasteiger partial charge < -0.3 is 9.88 Å². The summed E-state index contributed by atoms with van der Waals surface area (Å²) in [5.74, 6) is -0.268. The summed E-state index contributed by atoms with van der Waals surface area (Å²) < 4.78 is 15.5. The van der Waals surface area contributed by atoms with Gasteiger partial charge in [-0.15, -0.1) is 0 Å². The van der Waals surface area contributed by atoms with Crippen LogP contribution in [0, 0.1) is 5.82 Å². The summed E-state index contributed by atoms with van der Waals surface area (Å²) in [5, 5.41) is 4.19. The molecule has 23 heavy (non-hydrogen) atoms. The van der Waals surface area contributed by atoms with Gasteiger partial charge in [-0.25, -0.2) is 14.4 Å². The van der Waals surface area contributed by atoms with Crippen LogP contribution in [0.15, 0.2) is 48.8 Å². The summed E-state index contributed by atoms with van der Waals surface area (Å²) in [5.41, 5.74) is 5.21. The zero-order chi connectivity index (χ0) is 16.0. The Hall–Kier alpha value is -2.95. The van der Waals surface area contributed by atoms with Gasteiger partial charge in [0.1, 0.15) is 5.82 Å². The van der Waals surface area contributed by atoms with Crippen LogP contribution in [-0.4, -0.2) is 21.6 Å². The smallest absolute Gasteiger partial charge is 0.123 e. The molecule has 0 saturated carbocycles. The molecular weight excluding hydrogens is 291 g/mol. The van der Waals surface area contributed by atoms with E-state index in [1.165, 1.54) is 12.1 Å². The third kappa shape index (κ3) is 2.12. The quantitative estimate of drug-likeness (QED) is 0.609. The van der Waals surface area contributed by atoms with Crippen LogP contribution >= 0.6 is 0 Å². The van der Waals surface area contributed by atoms with E-state index < -0.39 is 0 Å². The summed E-state index contributed by atoms with van der Waals surface area (Å²) in [6, 6.07) is 12.4. The molecule has 0 amide bonds. The summed E-state index contributed by atoms with van der Waals surface area (Å²) in [7, 11) is 3.83. The highest BCUT2D eigenvalue weighted by molar-refractivity contribution is 6.10. The molecule has 2 aromatic heterocycles. The average molecular weight is 306 g/mol. The molecule has 4 rings (SSSR count). The maximum absolute atomic E-state index is 13.5. The van der Waals surface area contributed by atoms with E-state index in [1.807, 2.05) is 42.9 Å². The van der Waals surface area contributed by atoms with E-state index in [0.717, 1.165) is 38.9 Å². The molecule has 114 valence electrons. The van der Waals surface area contributed by atoms with Gasteiger partial charge >= 0.3 is 0 Å². The van der Waals surface area contributed by atoms with Crippen molar-refractivity contribution in [2.75, 3.05) is 12.4 Å². The molecule has 2 aromatic carbocycles. The minimum absolute atomic E-state index is 0.268. The summed E-state index contributed by atoms with van der Waals surface area (Å²) >= 11 is 0. The van der Waals surface area contributed by atoms with Gasteiger partial charge in [0, 0.05) is 25.3 Å². The van der Waals surface area contributed by atoms with E-state index >= 15 is 0 Å². The molecule has 4 nitrogen and oxygen atoms in total. The third-order valence-electron chi connectivity index (χ3n) is 4.06. The second-order valence-electron chi connectivity index (χ2n) is 5.50. The van der Waals surface area contributed by atoms with Crippen molar-refractivity contribution in [2.45, 2.75) is 0 Å². The van der Waals surface area contributed by atoms with Gasteiger partial charge in [0.2, 0.25) is 0 Å². The lowest BCUT2D eigenvalue weighted by Gasteiger charge is -2.10. The fourth-order valence-corrected chi connectivity index (χ4v) is 2.91. The van der Waals surface area contributed by atoms with Gasteiger partial charge in [0.05, 0.1) is 34.0 Å². The van der Waals surface area contributed by atoms with Crippen molar-refractivity contribution < 1.29 is 4.39 Å². The number of imidazole rings is 1. The minimum atomic E-state index is -0.268. The SMILES string of the molecule is CNc1cc(-c2cccc(F)c2)nc2ccc3c(ncn3C)c12. The normalized spacial score (nSPS) is 11.3. The summed E-state index contributed by atoms with van der Waals surface area (Å²) in [6.07, 6.45) is 1.80. The molecule has 0 aliphatic carbocycles. The van der Waals surface area contributed by atoms with Gasteiger partial charge in [-0.3, -0.25) is 0 Å². The number of nitrogens with zero attached hydrogens (tertiary/aromatic N) is 3. The van der Waals surface area contributed by atoms with E-state index in [4.69, 9.17) is 4.98 Å². The molecule has 0 aliphatic rings. The fourth-order valence-electron chi connectivity index (χ4n) is 2.91. The molecule has 0 saturated heterocycles. The first-order chi connectivity index (χ1) is 11.2. The molecule has 0 radical (unpaired) electrons. The first kappa shape index (κ1) is 13.7. The van der Waals surface area contributed by atoms with Crippen molar-refractivity contribution in [3.63, 3.8) is 0 Å². The maximum atomic E-state index is 13.5. The van der Waals surface area contributed by atoms with Crippen LogP contribution in [-0.2, 0) is 7.05 Å². The number of aromatic nitrogens is 3. The van der Waals surface area contributed by atoms with E-state index in [1.54, 1.807) is 12.4 Å². The average Bonchev–Trinajstić information content (AvgIpc) is 2.95. The van der Waals surface area contributed by atoms with E-state index in [-0.39, 0.29) is 5.82 Å². The lowest BCUT2D eigenvalue weighted by molar-refractivity contribution is 0.628. The van der Waals surface area contributed by atoms with Gasteiger partial charge in [-0.1, -0.05) is 12.1 Å². The summed E-state index contributed by atoms with van der Waals surface area (Å²) in [4.78, 5) is 9.19. The molecule has 0 spiro atoms. The molecule has 0 fully saturated rings. The van der Waals surface area contributed by atoms with Crippen LogP contribution in [0.2, 0.25) is 0 Å². The molecule has 0 bridgehead atoms. The molecule has 2 heterocycles. The van der Waals surface area contributed by atoms with Crippen LogP contribution in [0.1, 0.15) is 0 Å². The zero-order valence-corrected chi connectivity index (χ0v) is 12.8. The maximum Gasteiger partial charge on any atom is 0.123 e. The van der Waals surface area contributed by atoms with Crippen molar-refractivity contribution in [1.29, 1.82) is 0 Å². The number of anilines is 1. The van der Waals surface area contributed by atoms with Gasteiger partial charge in [-0.2, -0.15) is 0 Å². The molecule has 5 heteroatoms. The second kappa shape index (κ2) is 5.05. The number of rotatable bonds is 2. The first-order valence-corrected chi connectivity index (χ1v) is 7.36. The number of hydrogen-bond donors (Lipinski definition) is 1. The van der Waals surface area contributed by atoms with Gasteiger partial charge in [-0.05, 0) is 30.3 Å². The Labute approximate surface area is 132 Å². The Morgan fingerprint density at radius 3 is 2.78 bits per heavy atom. The van der Waals surface area contributed by atoms with Crippen LogP contribution in [0.4, 0.5) is 10.1 Å². The predicted octanol–water partition coefficient (Wildman–Crippen LogP) is 3.97. The number of fused-ring (bicyclic) bond motifs is 3. The predicted molar refractivity (Wildman–Crippen MR) is 91.0 cm³/mol.